The predicted octanol–water partition coefficient (Wildman–Crippen LogP) is 3.95. The van der Waals surface area contributed by atoms with E-state index < -0.39 is 18.5 Å². The molecule has 1 amide bonds. The van der Waals surface area contributed by atoms with Gasteiger partial charge in [-0.25, -0.2) is 4.79 Å². The van der Waals surface area contributed by atoms with Gasteiger partial charge in [0.1, 0.15) is 11.3 Å². The molecule has 6 nitrogen and oxygen atoms in total. The van der Waals surface area contributed by atoms with E-state index in [9.17, 15) is 23.5 Å². The number of amides is 1. The highest BCUT2D eigenvalue weighted by Gasteiger charge is 2.19. The molecule has 0 heterocycles. The van der Waals surface area contributed by atoms with Gasteiger partial charge in [0, 0.05) is 5.56 Å². The molecule has 0 aliphatic rings. The van der Waals surface area contributed by atoms with Crippen molar-refractivity contribution in [1.82, 2.24) is 0 Å². The maximum absolute atomic E-state index is 12.5. The summed E-state index contributed by atoms with van der Waals surface area (Å²) in [5.74, 6) is -1.79. The van der Waals surface area contributed by atoms with Crippen LogP contribution in [0.2, 0.25) is 0 Å². The highest BCUT2D eigenvalue weighted by atomic mass is 19.3. The Balaban J connectivity index is 2.24. The molecule has 2 N–H and O–H groups in total. The molecule has 0 unspecified atom stereocenters. The molecular formula is C19H19F2NO5. The van der Waals surface area contributed by atoms with Gasteiger partial charge in [0.25, 0.3) is 0 Å². The van der Waals surface area contributed by atoms with E-state index in [-0.39, 0.29) is 40.8 Å². The number of carbonyl (C=O) groups excluding carboxylic acids is 1. The van der Waals surface area contributed by atoms with Gasteiger partial charge in [-0.2, -0.15) is 8.78 Å². The third kappa shape index (κ3) is 5.67. The quantitative estimate of drug-likeness (QED) is 0.725. The Morgan fingerprint density at radius 1 is 1.07 bits per heavy atom. The largest absolute Gasteiger partial charge is 0.488 e. The number of nitrogens with one attached hydrogen (secondary N) is 1. The van der Waals surface area contributed by atoms with Gasteiger partial charge in [0.2, 0.25) is 5.91 Å². The van der Waals surface area contributed by atoms with Crippen LogP contribution in [0.4, 0.5) is 14.5 Å². The Kier molecular flexibility index (Phi) is 6.70. The van der Waals surface area contributed by atoms with Gasteiger partial charge in [0.15, 0.2) is 5.75 Å². The second kappa shape index (κ2) is 8.98. The molecule has 0 bridgehead atoms. The predicted molar refractivity (Wildman–Crippen MR) is 94.6 cm³/mol. The first-order valence-corrected chi connectivity index (χ1v) is 8.13. The third-order valence-corrected chi connectivity index (χ3v) is 3.41. The van der Waals surface area contributed by atoms with Gasteiger partial charge in [-0.3, -0.25) is 4.79 Å². The minimum absolute atomic E-state index is 0.0328. The van der Waals surface area contributed by atoms with E-state index in [2.05, 4.69) is 10.1 Å². The summed E-state index contributed by atoms with van der Waals surface area (Å²) in [7, 11) is 0. The molecule has 0 saturated heterocycles. The maximum Gasteiger partial charge on any atom is 0.387 e. The van der Waals surface area contributed by atoms with Crippen molar-refractivity contribution in [3.05, 3.63) is 53.6 Å². The molecule has 0 spiro atoms. The van der Waals surface area contributed by atoms with Crippen LogP contribution in [0, 0.1) is 0 Å². The van der Waals surface area contributed by atoms with E-state index in [1.807, 2.05) is 0 Å². The SMILES string of the molecule is CC(C)Oc1c(NC(=O)Cc2ccccc2OC(F)F)cccc1C(=O)O. The molecule has 0 aliphatic carbocycles. The lowest BCUT2D eigenvalue weighted by Gasteiger charge is -2.17. The monoisotopic (exact) mass is 379 g/mol. The maximum atomic E-state index is 12.5. The molecular weight excluding hydrogens is 360 g/mol. The second-order valence-electron chi connectivity index (χ2n) is 5.87. The molecule has 0 aliphatic heterocycles. The van der Waals surface area contributed by atoms with Crippen molar-refractivity contribution in [2.45, 2.75) is 33.0 Å². The van der Waals surface area contributed by atoms with Crippen LogP contribution in [-0.2, 0) is 11.2 Å². The van der Waals surface area contributed by atoms with Gasteiger partial charge >= 0.3 is 12.6 Å². The number of carbonyl (C=O) groups is 2. The molecule has 0 saturated carbocycles. The summed E-state index contributed by atoms with van der Waals surface area (Å²) in [4.78, 5) is 23.8. The van der Waals surface area contributed by atoms with Crippen LogP contribution < -0.4 is 14.8 Å². The van der Waals surface area contributed by atoms with Crippen LogP contribution in [0.15, 0.2) is 42.5 Å². The number of anilines is 1. The first-order chi connectivity index (χ1) is 12.8. The van der Waals surface area contributed by atoms with E-state index >= 15 is 0 Å². The van der Waals surface area contributed by atoms with E-state index in [1.165, 1.54) is 36.4 Å². The van der Waals surface area contributed by atoms with Crippen LogP contribution in [0.5, 0.6) is 11.5 Å². The molecule has 0 fully saturated rings. The molecule has 2 aromatic carbocycles. The normalized spacial score (nSPS) is 10.7. The van der Waals surface area contributed by atoms with Crippen LogP contribution in [-0.4, -0.2) is 29.7 Å². The van der Waals surface area contributed by atoms with Gasteiger partial charge in [-0.05, 0) is 32.0 Å². The summed E-state index contributed by atoms with van der Waals surface area (Å²) in [6.07, 6.45) is -0.553. The topological polar surface area (TPSA) is 84.9 Å². The number of para-hydroxylation sites is 2. The molecule has 0 radical (unpaired) electrons. The van der Waals surface area contributed by atoms with Crippen LogP contribution in [0.25, 0.3) is 0 Å². The Labute approximate surface area is 154 Å². The summed E-state index contributed by atoms with van der Waals surface area (Å²) in [6, 6.07) is 10.3. The van der Waals surface area contributed by atoms with Crippen molar-refractivity contribution in [2.75, 3.05) is 5.32 Å². The molecule has 8 heteroatoms. The van der Waals surface area contributed by atoms with Crippen molar-refractivity contribution in [1.29, 1.82) is 0 Å². The minimum Gasteiger partial charge on any atom is -0.488 e. The Bertz CT molecular complexity index is 823. The summed E-state index contributed by atoms with van der Waals surface area (Å²) in [6.45, 7) is 0.442. The lowest BCUT2D eigenvalue weighted by molar-refractivity contribution is -0.115. The fourth-order valence-corrected chi connectivity index (χ4v) is 2.39. The van der Waals surface area contributed by atoms with Crippen LogP contribution in [0.3, 0.4) is 0 Å². The first-order valence-electron chi connectivity index (χ1n) is 8.13. The van der Waals surface area contributed by atoms with E-state index in [1.54, 1.807) is 19.9 Å². The number of ether oxygens (including phenoxy) is 2. The Morgan fingerprint density at radius 2 is 1.78 bits per heavy atom. The van der Waals surface area contributed by atoms with E-state index in [0.717, 1.165) is 0 Å². The summed E-state index contributed by atoms with van der Waals surface area (Å²) >= 11 is 0. The Morgan fingerprint density at radius 3 is 2.41 bits per heavy atom. The zero-order chi connectivity index (χ0) is 20.0. The number of carboxylic acid groups (broad SMARTS) is 1. The van der Waals surface area contributed by atoms with Crippen molar-refractivity contribution in [3.8, 4) is 11.5 Å². The van der Waals surface area contributed by atoms with Crippen molar-refractivity contribution >= 4 is 17.6 Å². The minimum atomic E-state index is -3.01. The van der Waals surface area contributed by atoms with Crippen LogP contribution >= 0.6 is 0 Å². The zero-order valence-corrected chi connectivity index (χ0v) is 14.7. The number of benzene rings is 2. The fourth-order valence-electron chi connectivity index (χ4n) is 2.39. The number of carboxylic acids is 1. The molecule has 27 heavy (non-hydrogen) atoms. The smallest absolute Gasteiger partial charge is 0.387 e. The van der Waals surface area contributed by atoms with Crippen molar-refractivity contribution in [3.63, 3.8) is 0 Å². The molecule has 2 rings (SSSR count). The van der Waals surface area contributed by atoms with Gasteiger partial charge in [-0.15, -0.1) is 0 Å². The average molecular weight is 379 g/mol. The molecule has 0 atom stereocenters. The summed E-state index contributed by atoms with van der Waals surface area (Å²) < 4.78 is 34.9. The first kappa shape index (κ1) is 20.2. The van der Waals surface area contributed by atoms with Crippen LogP contribution in [0.1, 0.15) is 29.8 Å². The van der Waals surface area contributed by atoms with Gasteiger partial charge in [0.05, 0.1) is 18.2 Å². The molecule has 2 aromatic rings. The molecule has 144 valence electrons. The van der Waals surface area contributed by atoms with E-state index in [4.69, 9.17) is 4.74 Å². The fraction of sp³-hybridized carbons (Fsp3) is 0.263. The highest BCUT2D eigenvalue weighted by molar-refractivity contribution is 5.98. The number of halogens is 2. The number of hydrogen-bond donors (Lipinski definition) is 2. The zero-order valence-electron chi connectivity index (χ0n) is 14.7. The highest BCUT2D eigenvalue weighted by Crippen LogP contribution is 2.30. The van der Waals surface area contributed by atoms with Gasteiger partial charge in [-0.1, -0.05) is 24.3 Å². The van der Waals surface area contributed by atoms with Gasteiger partial charge < -0.3 is 19.9 Å². The number of hydrogen-bond acceptors (Lipinski definition) is 4. The standard InChI is InChI=1S/C19H19F2NO5/c1-11(2)26-17-13(18(24)25)7-5-8-14(17)22-16(23)10-12-6-3-4-9-15(12)27-19(20)21/h3-9,11,19H,10H2,1-2H3,(H,22,23)(H,24,25). The Hall–Kier alpha value is -3.16. The average Bonchev–Trinajstić information content (AvgIpc) is 2.57. The van der Waals surface area contributed by atoms with Crippen molar-refractivity contribution < 1.29 is 33.0 Å². The number of aromatic carboxylic acids is 1. The lowest BCUT2D eigenvalue weighted by Crippen LogP contribution is -2.18. The summed E-state index contributed by atoms with van der Waals surface area (Å²) in [5, 5.41) is 11.9. The van der Waals surface area contributed by atoms with E-state index in [0.29, 0.717) is 0 Å². The second-order valence-corrected chi connectivity index (χ2v) is 5.87. The number of rotatable bonds is 8. The summed E-state index contributed by atoms with van der Waals surface area (Å²) in [5.41, 5.74) is 0.361. The lowest BCUT2D eigenvalue weighted by atomic mass is 10.1. The number of alkyl halides is 2. The third-order valence-electron chi connectivity index (χ3n) is 3.41. The molecule has 0 aromatic heterocycles. The van der Waals surface area contributed by atoms with Crippen molar-refractivity contribution in [2.24, 2.45) is 0 Å².